The van der Waals surface area contributed by atoms with Gasteiger partial charge in [-0.05, 0) is 43.7 Å². The van der Waals surface area contributed by atoms with Gasteiger partial charge in [0.1, 0.15) is 0 Å². The normalized spacial score (nSPS) is 22.3. The fourth-order valence-electron chi connectivity index (χ4n) is 2.33. The van der Waals surface area contributed by atoms with Crippen LogP contribution in [0.5, 0.6) is 0 Å². The van der Waals surface area contributed by atoms with Crippen molar-refractivity contribution in [2.45, 2.75) is 31.9 Å². The molecule has 1 aromatic carbocycles. The summed E-state index contributed by atoms with van der Waals surface area (Å²) < 4.78 is 0. The van der Waals surface area contributed by atoms with E-state index < -0.39 is 5.60 Å². The van der Waals surface area contributed by atoms with E-state index in [1.807, 2.05) is 31.2 Å². The smallest absolute Gasteiger partial charge is 0.191 e. The third kappa shape index (κ3) is 6.68. The van der Waals surface area contributed by atoms with Gasteiger partial charge in [-0.15, -0.1) is 24.0 Å². The molecule has 1 saturated heterocycles. The van der Waals surface area contributed by atoms with Crippen LogP contribution in [0.15, 0.2) is 29.3 Å². The van der Waals surface area contributed by atoms with Crippen LogP contribution in [0.25, 0.3) is 0 Å². The first-order valence-electron chi connectivity index (χ1n) is 7.63. The lowest BCUT2D eigenvalue weighted by molar-refractivity contribution is 0.0778. The van der Waals surface area contributed by atoms with Crippen molar-refractivity contribution >= 4 is 53.3 Å². The van der Waals surface area contributed by atoms with Crippen LogP contribution in [0.1, 0.15) is 31.9 Å². The van der Waals surface area contributed by atoms with E-state index >= 15 is 0 Å². The van der Waals surface area contributed by atoms with Crippen molar-refractivity contribution < 1.29 is 5.11 Å². The Hall–Kier alpha value is -0.180. The number of aliphatic imine (C=N–C) groups is 1. The molecule has 7 heteroatoms. The Morgan fingerprint density at radius 2 is 2.30 bits per heavy atom. The first-order valence-corrected chi connectivity index (χ1v) is 9.16. The Labute approximate surface area is 164 Å². The van der Waals surface area contributed by atoms with Crippen molar-refractivity contribution in [2.75, 3.05) is 24.6 Å². The van der Waals surface area contributed by atoms with E-state index in [1.165, 1.54) is 0 Å². The summed E-state index contributed by atoms with van der Waals surface area (Å²) >= 11 is 7.83. The number of guanidine groups is 1. The molecule has 0 amide bonds. The van der Waals surface area contributed by atoms with Gasteiger partial charge in [0.2, 0.25) is 0 Å². The summed E-state index contributed by atoms with van der Waals surface area (Å²) in [5.41, 5.74) is 0.444. The van der Waals surface area contributed by atoms with Gasteiger partial charge in [0.15, 0.2) is 5.96 Å². The van der Waals surface area contributed by atoms with Crippen LogP contribution in [0.3, 0.4) is 0 Å². The average molecular weight is 470 g/mol. The largest absolute Gasteiger partial charge is 0.387 e. The number of aliphatic hydroxyl groups is 1. The highest BCUT2D eigenvalue weighted by atomic mass is 127. The molecule has 0 bridgehead atoms. The molecule has 0 aromatic heterocycles. The number of nitrogens with one attached hydrogen (secondary N) is 2. The number of hydrogen-bond acceptors (Lipinski definition) is 3. The number of thioether (sulfide) groups is 1. The molecule has 2 rings (SSSR count). The molecular formula is C16H25ClIN3OS. The predicted octanol–water partition coefficient (Wildman–Crippen LogP) is 3.44. The summed E-state index contributed by atoms with van der Waals surface area (Å²) in [7, 11) is 0. The molecule has 4 nitrogen and oxygen atoms in total. The lowest BCUT2D eigenvalue weighted by Crippen LogP contribution is -2.41. The molecule has 0 aliphatic carbocycles. The highest BCUT2D eigenvalue weighted by Gasteiger charge is 2.31. The van der Waals surface area contributed by atoms with E-state index in [2.05, 4.69) is 22.5 Å². The molecule has 1 aliphatic rings. The molecular weight excluding hydrogens is 445 g/mol. The maximum Gasteiger partial charge on any atom is 0.191 e. The summed E-state index contributed by atoms with van der Waals surface area (Å²) in [5.74, 6) is 2.49. The standard InChI is InChI=1S/C16H24ClN3OS.HI/c1-3-18-15(19-10-16(21)7-8-22-11-16)20-12(2)13-5-4-6-14(17)9-13;/h4-6,9,12,21H,3,7-8,10-11H2,1-2H3,(H2,18,19,20);1H. The Kier molecular flexibility index (Phi) is 9.03. The lowest BCUT2D eigenvalue weighted by Gasteiger charge is -2.22. The van der Waals surface area contributed by atoms with Crippen molar-refractivity contribution in [3.8, 4) is 0 Å². The monoisotopic (exact) mass is 469 g/mol. The Morgan fingerprint density at radius 1 is 1.52 bits per heavy atom. The van der Waals surface area contributed by atoms with Crippen LogP contribution in [-0.4, -0.2) is 41.3 Å². The quantitative estimate of drug-likeness (QED) is 0.351. The van der Waals surface area contributed by atoms with Gasteiger partial charge in [-0.2, -0.15) is 11.8 Å². The van der Waals surface area contributed by atoms with Gasteiger partial charge in [-0.1, -0.05) is 23.7 Å². The second-order valence-corrected chi connectivity index (χ2v) is 7.18. The highest BCUT2D eigenvalue weighted by molar-refractivity contribution is 14.0. The Balaban J connectivity index is 0.00000264. The fourth-order valence-corrected chi connectivity index (χ4v) is 3.81. The minimum absolute atomic E-state index is 0. The molecule has 2 unspecified atom stereocenters. The fraction of sp³-hybridized carbons (Fsp3) is 0.562. The van der Waals surface area contributed by atoms with Crippen molar-refractivity contribution in [3.05, 3.63) is 34.9 Å². The van der Waals surface area contributed by atoms with Crippen LogP contribution in [0.4, 0.5) is 0 Å². The average Bonchev–Trinajstić information content (AvgIpc) is 2.92. The summed E-state index contributed by atoms with van der Waals surface area (Å²) in [6.07, 6.45) is 0.810. The molecule has 0 saturated carbocycles. The first kappa shape index (κ1) is 20.9. The second-order valence-electron chi connectivity index (χ2n) is 5.64. The van der Waals surface area contributed by atoms with Gasteiger partial charge in [0.05, 0.1) is 18.2 Å². The van der Waals surface area contributed by atoms with Crippen LogP contribution in [0, 0.1) is 0 Å². The molecule has 0 spiro atoms. The van der Waals surface area contributed by atoms with E-state index in [0.29, 0.717) is 6.54 Å². The number of rotatable bonds is 5. The second kappa shape index (κ2) is 9.96. The maximum atomic E-state index is 10.4. The minimum Gasteiger partial charge on any atom is -0.387 e. The topological polar surface area (TPSA) is 56.7 Å². The molecule has 0 radical (unpaired) electrons. The lowest BCUT2D eigenvalue weighted by atomic mass is 10.0. The van der Waals surface area contributed by atoms with Crippen LogP contribution in [-0.2, 0) is 0 Å². The summed E-state index contributed by atoms with van der Waals surface area (Å²) in [6, 6.07) is 7.88. The molecule has 1 aliphatic heterocycles. The van der Waals surface area contributed by atoms with Crippen molar-refractivity contribution in [1.82, 2.24) is 10.6 Å². The van der Waals surface area contributed by atoms with E-state index in [4.69, 9.17) is 11.6 Å². The number of hydrogen-bond donors (Lipinski definition) is 3. The van der Waals surface area contributed by atoms with Gasteiger partial charge >= 0.3 is 0 Å². The zero-order valence-electron chi connectivity index (χ0n) is 13.5. The maximum absolute atomic E-state index is 10.4. The molecule has 1 heterocycles. The summed E-state index contributed by atoms with van der Waals surface area (Å²) in [5, 5.41) is 17.7. The molecule has 23 heavy (non-hydrogen) atoms. The zero-order chi connectivity index (χ0) is 16.0. The predicted molar refractivity (Wildman–Crippen MR) is 111 cm³/mol. The SMILES string of the molecule is CCNC(=NCC1(O)CCSC1)NC(C)c1cccc(Cl)c1.I. The zero-order valence-corrected chi connectivity index (χ0v) is 17.4. The number of halogens is 2. The van der Waals surface area contributed by atoms with Crippen LogP contribution >= 0.6 is 47.3 Å². The van der Waals surface area contributed by atoms with E-state index in [9.17, 15) is 5.11 Å². The van der Waals surface area contributed by atoms with Gasteiger partial charge < -0.3 is 15.7 Å². The Bertz CT molecular complexity index is 524. The van der Waals surface area contributed by atoms with Gasteiger partial charge in [-0.25, -0.2) is 0 Å². The first-order chi connectivity index (χ1) is 10.5. The molecule has 2 atom stereocenters. The van der Waals surface area contributed by atoms with Crippen LogP contribution in [0.2, 0.25) is 5.02 Å². The summed E-state index contributed by atoms with van der Waals surface area (Å²) in [6.45, 7) is 5.30. The van der Waals surface area contributed by atoms with Crippen molar-refractivity contribution in [2.24, 2.45) is 4.99 Å². The van der Waals surface area contributed by atoms with Crippen LogP contribution < -0.4 is 10.6 Å². The van der Waals surface area contributed by atoms with Gasteiger partial charge in [0.25, 0.3) is 0 Å². The van der Waals surface area contributed by atoms with E-state index in [0.717, 1.165) is 41.0 Å². The third-order valence-corrected chi connectivity index (χ3v) is 5.13. The molecule has 130 valence electrons. The minimum atomic E-state index is -0.660. The number of nitrogens with zero attached hydrogens (tertiary/aromatic N) is 1. The molecule has 1 fully saturated rings. The number of benzene rings is 1. The van der Waals surface area contributed by atoms with Crippen molar-refractivity contribution in [1.29, 1.82) is 0 Å². The van der Waals surface area contributed by atoms with E-state index in [1.54, 1.807) is 11.8 Å². The van der Waals surface area contributed by atoms with E-state index in [-0.39, 0.29) is 30.0 Å². The molecule has 1 aromatic rings. The Morgan fingerprint density at radius 3 is 2.91 bits per heavy atom. The third-order valence-electron chi connectivity index (χ3n) is 3.66. The highest BCUT2D eigenvalue weighted by Crippen LogP contribution is 2.27. The van der Waals surface area contributed by atoms with Gasteiger partial charge in [0, 0.05) is 17.3 Å². The van der Waals surface area contributed by atoms with Crippen molar-refractivity contribution in [3.63, 3.8) is 0 Å². The molecule has 3 N–H and O–H groups in total. The summed E-state index contributed by atoms with van der Waals surface area (Å²) in [4.78, 5) is 4.55. The van der Waals surface area contributed by atoms with Gasteiger partial charge in [-0.3, -0.25) is 4.99 Å².